The van der Waals surface area contributed by atoms with E-state index in [-0.39, 0.29) is 23.5 Å². The summed E-state index contributed by atoms with van der Waals surface area (Å²) in [5, 5.41) is 0. The van der Waals surface area contributed by atoms with Gasteiger partial charge in [-0.2, -0.15) is 0 Å². The summed E-state index contributed by atoms with van der Waals surface area (Å²) in [4.78, 5) is 35.8. The standard InChI is InChI=1S/C34H29F2N3O5/c1-5-26-20(2)32(34(41)39(21(26)3)24-9-7-23(35)8-10-24)29(40)17-22-6-11-30(27(36)16-22)44-31-12-13-37-28-18-25(19-38-33(28)31)43-15-14-42-4/h5-13,16,18-19H,1,14-15,17H2,2-4H3. The predicted octanol–water partition coefficient (Wildman–Crippen LogP) is 6.56. The van der Waals surface area contributed by atoms with Gasteiger partial charge in [0, 0.05) is 43.2 Å². The smallest absolute Gasteiger partial charge is 0.266 e. The first-order valence-electron chi connectivity index (χ1n) is 13.7. The molecule has 0 aliphatic rings. The van der Waals surface area contributed by atoms with Crippen molar-refractivity contribution in [3.8, 4) is 22.9 Å². The van der Waals surface area contributed by atoms with Gasteiger partial charge in [0.15, 0.2) is 23.1 Å². The third-order valence-electron chi connectivity index (χ3n) is 7.14. The van der Waals surface area contributed by atoms with E-state index in [1.165, 1.54) is 53.4 Å². The highest BCUT2D eigenvalue weighted by atomic mass is 19.1. The second-order valence-corrected chi connectivity index (χ2v) is 9.98. The Morgan fingerprint density at radius 2 is 1.77 bits per heavy atom. The summed E-state index contributed by atoms with van der Waals surface area (Å²) >= 11 is 0. The van der Waals surface area contributed by atoms with Crippen LogP contribution in [-0.2, 0) is 11.2 Å². The molecule has 224 valence electrons. The fourth-order valence-corrected chi connectivity index (χ4v) is 5.00. The van der Waals surface area contributed by atoms with E-state index in [9.17, 15) is 14.0 Å². The Labute approximate surface area is 252 Å². The van der Waals surface area contributed by atoms with Crippen molar-refractivity contribution < 1.29 is 27.8 Å². The third kappa shape index (κ3) is 6.11. The fourth-order valence-electron chi connectivity index (χ4n) is 5.00. The van der Waals surface area contributed by atoms with E-state index in [2.05, 4.69) is 16.5 Å². The van der Waals surface area contributed by atoms with Crippen molar-refractivity contribution >= 4 is 22.9 Å². The highest BCUT2D eigenvalue weighted by Crippen LogP contribution is 2.31. The maximum Gasteiger partial charge on any atom is 0.266 e. The van der Waals surface area contributed by atoms with Crippen molar-refractivity contribution in [2.45, 2.75) is 20.3 Å². The molecule has 0 radical (unpaired) electrons. The largest absolute Gasteiger partial charge is 0.489 e. The van der Waals surface area contributed by atoms with Crippen LogP contribution in [0.1, 0.15) is 32.7 Å². The van der Waals surface area contributed by atoms with E-state index in [0.717, 1.165) is 0 Å². The van der Waals surface area contributed by atoms with Gasteiger partial charge in [-0.3, -0.25) is 19.1 Å². The number of rotatable bonds is 11. The lowest BCUT2D eigenvalue weighted by Crippen LogP contribution is -2.30. The van der Waals surface area contributed by atoms with Crippen LogP contribution >= 0.6 is 0 Å². The van der Waals surface area contributed by atoms with Gasteiger partial charge in [-0.15, -0.1) is 0 Å². The van der Waals surface area contributed by atoms with E-state index in [4.69, 9.17) is 14.2 Å². The number of halogens is 2. The first-order chi connectivity index (χ1) is 21.2. The Hall–Kier alpha value is -5.22. The van der Waals surface area contributed by atoms with E-state index >= 15 is 4.39 Å². The van der Waals surface area contributed by atoms with E-state index < -0.39 is 23.0 Å². The zero-order chi connectivity index (χ0) is 31.4. The minimum Gasteiger partial charge on any atom is -0.489 e. The maximum atomic E-state index is 15.3. The van der Waals surface area contributed by atoms with Crippen molar-refractivity contribution in [2.75, 3.05) is 20.3 Å². The Kier molecular flexibility index (Phi) is 8.91. The monoisotopic (exact) mass is 597 g/mol. The molecule has 0 bridgehead atoms. The summed E-state index contributed by atoms with van der Waals surface area (Å²) in [5.74, 6) is -0.923. The van der Waals surface area contributed by atoms with Crippen LogP contribution in [0.3, 0.4) is 0 Å². The number of ether oxygens (including phenoxy) is 3. The number of fused-ring (bicyclic) bond motifs is 1. The lowest BCUT2D eigenvalue weighted by Gasteiger charge is -2.18. The van der Waals surface area contributed by atoms with Gasteiger partial charge in [-0.05, 0) is 66.9 Å². The number of ketones is 1. The SMILES string of the molecule is C=Cc1c(C)c(C(=O)Cc2ccc(Oc3ccnc4cc(OCCOC)cnc34)c(F)c2)c(=O)n(-c2ccc(F)cc2)c1C. The number of hydrogen-bond acceptors (Lipinski definition) is 7. The molecule has 10 heteroatoms. The molecule has 0 aliphatic heterocycles. The molecule has 0 aliphatic carbocycles. The van der Waals surface area contributed by atoms with Gasteiger partial charge >= 0.3 is 0 Å². The normalized spacial score (nSPS) is 11.0. The van der Waals surface area contributed by atoms with Gasteiger partial charge < -0.3 is 14.2 Å². The van der Waals surface area contributed by atoms with Crippen molar-refractivity contribution in [3.05, 3.63) is 124 Å². The van der Waals surface area contributed by atoms with Crippen LogP contribution in [0.4, 0.5) is 8.78 Å². The fraction of sp³-hybridized carbons (Fsp3) is 0.176. The Morgan fingerprint density at radius 1 is 1.00 bits per heavy atom. The lowest BCUT2D eigenvalue weighted by atomic mass is 9.95. The molecule has 0 saturated heterocycles. The molecule has 44 heavy (non-hydrogen) atoms. The van der Waals surface area contributed by atoms with Gasteiger partial charge in [-0.25, -0.2) is 13.8 Å². The zero-order valence-corrected chi connectivity index (χ0v) is 24.4. The number of aromatic nitrogens is 3. The summed E-state index contributed by atoms with van der Waals surface area (Å²) in [6.45, 7) is 8.02. The first kappa shape index (κ1) is 30.2. The van der Waals surface area contributed by atoms with Gasteiger partial charge in [-0.1, -0.05) is 18.7 Å². The van der Waals surface area contributed by atoms with Crippen molar-refractivity contribution in [1.29, 1.82) is 0 Å². The quantitative estimate of drug-likeness (QED) is 0.126. The molecular weight excluding hydrogens is 568 g/mol. The average Bonchev–Trinajstić information content (AvgIpc) is 3.00. The Morgan fingerprint density at radius 3 is 2.48 bits per heavy atom. The van der Waals surface area contributed by atoms with Crippen molar-refractivity contribution in [3.63, 3.8) is 0 Å². The third-order valence-corrected chi connectivity index (χ3v) is 7.14. The topological polar surface area (TPSA) is 92.5 Å². The molecule has 0 spiro atoms. The van der Waals surface area contributed by atoms with Crippen LogP contribution in [0.2, 0.25) is 0 Å². The first-order valence-corrected chi connectivity index (χ1v) is 13.7. The number of carbonyl (C=O) groups excluding carboxylic acids is 1. The van der Waals surface area contributed by atoms with Crippen LogP contribution in [0.25, 0.3) is 22.8 Å². The minimum absolute atomic E-state index is 0.0459. The number of hydrogen-bond donors (Lipinski definition) is 0. The van der Waals surface area contributed by atoms with E-state index in [1.54, 1.807) is 45.2 Å². The number of carbonyl (C=O) groups is 1. The molecule has 0 atom stereocenters. The summed E-state index contributed by atoms with van der Waals surface area (Å²) in [6, 6.07) is 12.9. The molecule has 0 saturated carbocycles. The molecule has 5 rings (SSSR count). The van der Waals surface area contributed by atoms with Crippen LogP contribution in [0.15, 0.2) is 78.4 Å². The van der Waals surface area contributed by atoms with Gasteiger partial charge in [0.25, 0.3) is 5.56 Å². The maximum absolute atomic E-state index is 15.3. The summed E-state index contributed by atoms with van der Waals surface area (Å²) in [5.41, 5.74) is 2.72. The molecule has 3 aromatic heterocycles. The minimum atomic E-state index is -0.698. The molecule has 0 amide bonds. The molecule has 5 aromatic rings. The van der Waals surface area contributed by atoms with E-state index in [1.807, 2.05) is 0 Å². The highest BCUT2D eigenvalue weighted by Gasteiger charge is 2.22. The van der Waals surface area contributed by atoms with Crippen LogP contribution in [0.5, 0.6) is 17.2 Å². The average molecular weight is 598 g/mol. The second-order valence-electron chi connectivity index (χ2n) is 9.98. The number of benzene rings is 2. The molecule has 0 N–H and O–H groups in total. The number of pyridine rings is 3. The van der Waals surface area contributed by atoms with Crippen molar-refractivity contribution in [1.82, 2.24) is 14.5 Å². The van der Waals surface area contributed by atoms with E-state index in [0.29, 0.717) is 58.1 Å². The number of nitrogens with zero attached hydrogens (tertiary/aromatic N) is 3. The van der Waals surface area contributed by atoms with Gasteiger partial charge in [0.1, 0.15) is 23.7 Å². The highest BCUT2D eigenvalue weighted by molar-refractivity contribution is 5.99. The molecular formula is C34H29F2N3O5. The zero-order valence-electron chi connectivity index (χ0n) is 24.4. The van der Waals surface area contributed by atoms with Crippen molar-refractivity contribution in [2.24, 2.45) is 0 Å². The van der Waals surface area contributed by atoms with Gasteiger partial charge in [0.05, 0.1) is 23.9 Å². The number of methoxy groups -OCH3 is 1. The van der Waals surface area contributed by atoms with Crippen LogP contribution < -0.4 is 15.0 Å². The van der Waals surface area contributed by atoms with Crippen LogP contribution in [-0.4, -0.2) is 40.6 Å². The Bertz CT molecular complexity index is 1940. The Balaban J connectivity index is 1.41. The second kappa shape index (κ2) is 13.0. The molecule has 3 heterocycles. The molecule has 8 nitrogen and oxygen atoms in total. The predicted molar refractivity (Wildman–Crippen MR) is 163 cm³/mol. The number of Topliss-reactive ketones (excluding diaryl/α,β-unsaturated/α-hetero) is 1. The molecule has 0 fully saturated rings. The molecule has 2 aromatic carbocycles. The molecule has 0 unspecified atom stereocenters. The summed E-state index contributed by atoms with van der Waals surface area (Å²) < 4.78 is 46.6. The van der Waals surface area contributed by atoms with Crippen LogP contribution in [0, 0.1) is 25.5 Å². The summed E-state index contributed by atoms with van der Waals surface area (Å²) in [6.07, 6.45) is 4.37. The van der Waals surface area contributed by atoms with Gasteiger partial charge in [0.2, 0.25) is 0 Å². The summed E-state index contributed by atoms with van der Waals surface area (Å²) in [7, 11) is 1.58. The lowest BCUT2D eigenvalue weighted by molar-refractivity contribution is 0.0990.